The molecule has 1 N–H and O–H groups in total. The highest BCUT2D eigenvalue weighted by Gasteiger charge is 2.15. The van der Waals surface area contributed by atoms with Gasteiger partial charge in [0.25, 0.3) is 0 Å². The summed E-state index contributed by atoms with van der Waals surface area (Å²) in [6.07, 6.45) is 0. The summed E-state index contributed by atoms with van der Waals surface area (Å²) in [4.78, 5) is 15.6. The van der Waals surface area contributed by atoms with Gasteiger partial charge in [0.15, 0.2) is 0 Å². The Morgan fingerprint density at radius 2 is 1.96 bits per heavy atom. The molecule has 4 nitrogen and oxygen atoms in total. The molecule has 0 bridgehead atoms. The van der Waals surface area contributed by atoms with Gasteiger partial charge in [-0.15, -0.1) is 11.3 Å². The molecule has 0 fully saturated rings. The van der Waals surface area contributed by atoms with Crippen LogP contribution in [-0.4, -0.2) is 25.5 Å². The summed E-state index contributed by atoms with van der Waals surface area (Å²) in [6.45, 7) is 1.42. The Balaban J connectivity index is 1.65. The third-order valence-electron chi connectivity index (χ3n) is 4.86. The first-order valence-electron chi connectivity index (χ1n) is 8.98. The van der Waals surface area contributed by atoms with Gasteiger partial charge in [-0.1, -0.05) is 36.4 Å². The normalized spacial score (nSPS) is 12.9. The zero-order chi connectivity index (χ0) is 18.8. The zero-order valence-corrected chi connectivity index (χ0v) is 16.3. The van der Waals surface area contributed by atoms with E-state index in [4.69, 9.17) is 4.42 Å². The van der Waals surface area contributed by atoms with E-state index < -0.39 is 0 Å². The first kappa shape index (κ1) is 17.9. The lowest BCUT2D eigenvalue weighted by Gasteiger charge is -2.23. The van der Waals surface area contributed by atoms with Crippen LogP contribution in [0.3, 0.4) is 0 Å². The summed E-state index contributed by atoms with van der Waals surface area (Å²) in [6, 6.07) is 18.2. The maximum absolute atomic E-state index is 12.0. The van der Waals surface area contributed by atoms with E-state index in [0.717, 1.165) is 28.3 Å². The summed E-state index contributed by atoms with van der Waals surface area (Å²) in [5.74, 6) is 0. The minimum atomic E-state index is -0.308. The minimum absolute atomic E-state index is 0.299. The second-order valence-corrected chi connectivity index (χ2v) is 7.86. The highest BCUT2D eigenvalue weighted by atomic mass is 32.1. The fourth-order valence-electron chi connectivity index (χ4n) is 3.52. The van der Waals surface area contributed by atoms with Gasteiger partial charge in [-0.2, -0.15) is 0 Å². The summed E-state index contributed by atoms with van der Waals surface area (Å²) in [7, 11) is 4.18. The molecule has 0 radical (unpaired) electrons. The van der Waals surface area contributed by atoms with Crippen LogP contribution >= 0.6 is 11.3 Å². The number of hydrogen-bond donors (Lipinski definition) is 1. The molecule has 27 heavy (non-hydrogen) atoms. The Kier molecular flexibility index (Phi) is 5.07. The number of benzene rings is 2. The fourth-order valence-corrected chi connectivity index (χ4v) is 4.44. The molecular weight excluding hydrogens is 356 g/mol. The van der Waals surface area contributed by atoms with Crippen molar-refractivity contribution in [2.24, 2.45) is 0 Å². The van der Waals surface area contributed by atoms with Gasteiger partial charge in [0.05, 0.1) is 6.04 Å². The largest absolute Gasteiger partial charge is 0.423 e. The van der Waals surface area contributed by atoms with Crippen molar-refractivity contribution >= 4 is 33.1 Å². The van der Waals surface area contributed by atoms with Gasteiger partial charge in [0.2, 0.25) is 0 Å². The second-order valence-electron chi connectivity index (χ2n) is 6.88. The van der Waals surface area contributed by atoms with E-state index in [-0.39, 0.29) is 5.63 Å². The van der Waals surface area contributed by atoms with Gasteiger partial charge in [0.1, 0.15) is 5.58 Å². The quantitative estimate of drug-likeness (QED) is 0.399. The van der Waals surface area contributed by atoms with Crippen molar-refractivity contribution in [1.82, 2.24) is 10.2 Å². The molecule has 0 aliphatic carbocycles. The molecule has 0 saturated heterocycles. The second kappa shape index (κ2) is 7.64. The molecule has 2 aromatic carbocycles. The van der Waals surface area contributed by atoms with E-state index in [1.807, 2.05) is 24.3 Å². The summed E-state index contributed by atoms with van der Waals surface area (Å²) >= 11 is 1.77. The van der Waals surface area contributed by atoms with Crippen LogP contribution in [0.4, 0.5) is 0 Å². The summed E-state index contributed by atoms with van der Waals surface area (Å²) in [5.41, 5.74) is 1.30. The summed E-state index contributed by atoms with van der Waals surface area (Å²) < 4.78 is 5.45. The number of nitrogens with zero attached hydrogens (tertiary/aromatic N) is 1. The minimum Gasteiger partial charge on any atom is -0.423 e. The fraction of sp³-hybridized carbons (Fsp3) is 0.227. The molecule has 2 heterocycles. The molecule has 138 valence electrons. The number of thiophene rings is 1. The lowest BCUT2D eigenvalue weighted by molar-refractivity contribution is 0.292. The van der Waals surface area contributed by atoms with Crippen LogP contribution in [0.15, 0.2) is 69.2 Å². The Morgan fingerprint density at radius 1 is 1.11 bits per heavy atom. The Bertz CT molecular complexity index is 1120. The summed E-state index contributed by atoms with van der Waals surface area (Å²) in [5, 5.41) is 8.91. The number of rotatable bonds is 6. The van der Waals surface area contributed by atoms with E-state index in [1.54, 1.807) is 17.4 Å². The van der Waals surface area contributed by atoms with E-state index in [0.29, 0.717) is 18.2 Å². The average molecular weight is 378 g/mol. The standard InChI is InChI=1S/C22H22N2O2S/c1-24(2)18(20-8-5-11-27-20)14-23-13-16-12-21(25)26-19-10-9-15-6-3-4-7-17(15)22(16)19/h3-12,18,23H,13-14H2,1-2H3/t18-/m0/s1. The third-order valence-corrected chi connectivity index (χ3v) is 5.84. The average Bonchev–Trinajstić information content (AvgIpc) is 3.18. The first-order valence-corrected chi connectivity index (χ1v) is 9.86. The lowest BCUT2D eigenvalue weighted by atomic mass is 10.0. The molecule has 0 unspecified atom stereocenters. The van der Waals surface area contributed by atoms with Crippen molar-refractivity contribution in [2.45, 2.75) is 12.6 Å². The highest BCUT2D eigenvalue weighted by molar-refractivity contribution is 7.10. The van der Waals surface area contributed by atoms with Gasteiger partial charge in [-0.25, -0.2) is 4.79 Å². The van der Waals surface area contributed by atoms with Crippen molar-refractivity contribution in [1.29, 1.82) is 0 Å². The molecular formula is C22H22N2O2S. The van der Waals surface area contributed by atoms with Crippen molar-refractivity contribution in [2.75, 3.05) is 20.6 Å². The molecule has 0 aliphatic heterocycles. The van der Waals surface area contributed by atoms with E-state index in [1.165, 1.54) is 4.88 Å². The molecule has 4 rings (SSSR count). The molecule has 0 aliphatic rings. The SMILES string of the molecule is CN(C)[C@@H](CNCc1cc(=O)oc2ccc3ccccc3c12)c1cccs1. The van der Waals surface area contributed by atoms with Crippen LogP contribution in [0.2, 0.25) is 0 Å². The van der Waals surface area contributed by atoms with Crippen molar-refractivity contribution < 1.29 is 4.42 Å². The Hall–Kier alpha value is -2.47. The number of fused-ring (bicyclic) bond motifs is 3. The van der Waals surface area contributed by atoms with Crippen LogP contribution < -0.4 is 10.9 Å². The molecule has 1 atom stereocenters. The number of likely N-dealkylation sites (N-methyl/N-ethyl adjacent to an activating group) is 1. The molecule has 0 spiro atoms. The van der Waals surface area contributed by atoms with Gasteiger partial charge >= 0.3 is 5.63 Å². The Labute approximate surface area is 162 Å². The van der Waals surface area contributed by atoms with Gasteiger partial charge in [0, 0.05) is 29.4 Å². The van der Waals surface area contributed by atoms with Crippen LogP contribution in [0, 0.1) is 0 Å². The lowest BCUT2D eigenvalue weighted by Crippen LogP contribution is -2.30. The van der Waals surface area contributed by atoms with E-state index in [9.17, 15) is 4.79 Å². The highest BCUT2D eigenvalue weighted by Crippen LogP contribution is 2.28. The maximum atomic E-state index is 12.0. The van der Waals surface area contributed by atoms with E-state index >= 15 is 0 Å². The monoisotopic (exact) mass is 378 g/mol. The zero-order valence-electron chi connectivity index (χ0n) is 15.4. The van der Waals surface area contributed by atoms with Crippen LogP contribution in [0.25, 0.3) is 21.7 Å². The van der Waals surface area contributed by atoms with Crippen molar-refractivity contribution in [3.63, 3.8) is 0 Å². The van der Waals surface area contributed by atoms with Gasteiger partial charge in [-0.05, 0) is 47.9 Å². The smallest absolute Gasteiger partial charge is 0.336 e. The van der Waals surface area contributed by atoms with E-state index in [2.05, 4.69) is 54.0 Å². The molecule has 0 saturated carbocycles. The van der Waals surface area contributed by atoms with Gasteiger partial charge in [-0.3, -0.25) is 0 Å². The predicted molar refractivity (Wildman–Crippen MR) is 112 cm³/mol. The predicted octanol–water partition coefficient (Wildman–Crippen LogP) is 4.40. The molecule has 0 amide bonds. The number of hydrogen-bond acceptors (Lipinski definition) is 5. The van der Waals surface area contributed by atoms with Crippen molar-refractivity contribution in [3.05, 3.63) is 80.8 Å². The van der Waals surface area contributed by atoms with Crippen molar-refractivity contribution in [3.8, 4) is 0 Å². The number of nitrogens with one attached hydrogen (secondary N) is 1. The topological polar surface area (TPSA) is 45.5 Å². The van der Waals surface area contributed by atoms with Gasteiger partial charge < -0.3 is 14.6 Å². The maximum Gasteiger partial charge on any atom is 0.336 e. The molecule has 5 heteroatoms. The van der Waals surface area contributed by atoms with Crippen LogP contribution in [0.1, 0.15) is 16.5 Å². The Morgan fingerprint density at radius 3 is 2.74 bits per heavy atom. The molecule has 4 aromatic rings. The van der Waals surface area contributed by atoms with Crippen LogP contribution in [0.5, 0.6) is 0 Å². The third kappa shape index (κ3) is 3.67. The first-order chi connectivity index (χ1) is 13.1. The molecule has 2 aromatic heterocycles. The van der Waals surface area contributed by atoms with Crippen LogP contribution in [-0.2, 0) is 6.54 Å².